The molecular formula is C23H26ClFN2O. The summed E-state index contributed by atoms with van der Waals surface area (Å²) in [4.78, 5) is 15.5. The Bertz CT molecular complexity index is 888. The van der Waals surface area contributed by atoms with Gasteiger partial charge in [0.1, 0.15) is 5.82 Å². The van der Waals surface area contributed by atoms with Crippen LogP contribution in [0.25, 0.3) is 0 Å². The number of amides is 1. The first kappa shape index (κ1) is 19.4. The molecule has 0 bridgehead atoms. The highest BCUT2D eigenvalue weighted by atomic mass is 35.5. The molecule has 1 heterocycles. The lowest BCUT2D eigenvalue weighted by Crippen LogP contribution is -2.49. The summed E-state index contributed by atoms with van der Waals surface area (Å²) in [6, 6.07) is 15.3. The van der Waals surface area contributed by atoms with Crippen LogP contribution in [-0.4, -0.2) is 30.4 Å². The molecule has 3 atom stereocenters. The van der Waals surface area contributed by atoms with E-state index < -0.39 is 0 Å². The Morgan fingerprint density at radius 1 is 1.18 bits per heavy atom. The van der Waals surface area contributed by atoms with Crippen LogP contribution in [0.5, 0.6) is 0 Å². The van der Waals surface area contributed by atoms with E-state index in [1.54, 1.807) is 12.1 Å². The summed E-state index contributed by atoms with van der Waals surface area (Å²) in [5.41, 5.74) is 3.74. The lowest BCUT2D eigenvalue weighted by molar-refractivity contribution is -0.136. The minimum Gasteiger partial charge on any atom is -0.333 e. The van der Waals surface area contributed by atoms with Crippen LogP contribution in [0.15, 0.2) is 48.5 Å². The van der Waals surface area contributed by atoms with Gasteiger partial charge in [0, 0.05) is 31.0 Å². The van der Waals surface area contributed by atoms with E-state index in [9.17, 15) is 9.18 Å². The topological polar surface area (TPSA) is 32.3 Å². The Kier molecular flexibility index (Phi) is 5.19. The van der Waals surface area contributed by atoms with Crippen LogP contribution >= 0.6 is 12.4 Å². The predicted octanol–water partition coefficient (Wildman–Crippen LogP) is 4.01. The molecule has 3 unspecified atom stereocenters. The summed E-state index contributed by atoms with van der Waals surface area (Å²) >= 11 is 0. The number of halogens is 2. The average molecular weight is 401 g/mol. The van der Waals surface area contributed by atoms with Crippen molar-refractivity contribution in [3.05, 3.63) is 71.0 Å². The second kappa shape index (κ2) is 7.49. The normalized spacial score (nSPS) is 28.4. The zero-order valence-corrected chi connectivity index (χ0v) is 16.7. The predicted molar refractivity (Wildman–Crippen MR) is 110 cm³/mol. The molecule has 3 aliphatic rings. The summed E-state index contributed by atoms with van der Waals surface area (Å²) in [7, 11) is 0. The third kappa shape index (κ3) is 3.13. The molecule has 2 aromatic carbocycles. The van der Waals surface area contributed by atoms with E-state index in [2.05, 4.69) is 29.6 Å². The number of aryl methyl sites for hydroxylation is 1. The molecule has 1 spiro atoms. The smallest absolute Gasteiger partial charge is 0.227 e. The second-order valence-electron chi connectivity index (χ2n) is 8.23. The quantitative estimate of drug-likeness (QED) is 0.825. The highest BCUT2D eigenvalue weighted by Crippen LogP contribution is 2.61. The van der Waals surface area contributed by atoms with Gasteiger partial charge in [0.05, 0.1) is 6.04 Å². The monoisotopic (exact) mass is 400 g/mol. The summed E-state index contributed by atoms with van der Waals surface area (Å²) < 4.78 is 13.7. The van der Waals surface area contributed by atoms with E-state index in [1.807, 2.05) is 11.0 Å². The lowest BCUT2D eigenvalue weighted by Gasteiger charge is -2.37. The Balaban J connectivity index is 0.00000192. The summed E-state index contributed by atoms with van der Waals surface area (Å²) in [6.45, 7) is 2.17. The number of nitrogens with one attached hydrogen (secondary N) is 1. The number of hydrogen-bond donors (Lipinski definition) is 1. The van der Waals surface area contributed by atoms with Crippen LogP contribution in [0.1, 0.15) is 42.0 Å². The Hall–Kier alpha value is -1.91. The molecule has 5 heteroatoms. The molecular weight excluding hydrogens is 375 g/mol. The highest BCUT2D eigenvalue weighted by molar-refractivity contribution is 5.86. The first-order chi connectivity index (χ1) is 13.2. The maximum Gasteiger partial charge on any atom is 0.227 e. The number of piperazine rings is 1. The van der Waals surface area contributed by atoms with Crippen molar-refractivity contribution in [1.82, 2.24) is 10.2 Å². The van der Waals surface area contributed by atoms with E-state index in [4.69, 9.17) is 0 Å². The Morgan fingerprint density at radius 2 is 2.04 bits per heavy atom. The number of rotatable bonds is 2. The van der Waals surface area contributed by atoms with Crippen LogP contribution in [0.2, 0.25) is 0 Å². The minimum atomic E-state index is -0.241. The van der Waals surface area contributed by atoms with Gasteiger partial charge in [-0.3, -0.25) is 4.79 Å². The molecule has 0 radical (unpaired) electrons. The lowest BCUT2D eigenvalue weighted by atomic mass is 9.78. The maximum absolute atomic E-state index is 13.7. The summed E-state index contributed by atoms with van der Waals surface area (Å²) in [5, 5.41) is 3.37. The molecule has 1 amide bonds. The van der Waals surface area contributed by atoms with Crippen molar-refractivity contribution < 1.29 is 9.18 Å². The second-order valence-corrected chi connectivity index (χ2v) is 8.23. The van der Waals surface area contributed by atoms with Crippen LogP contribution in [0.3, 0.4) is 0 Å². The fourth-order valence-electron chi connectivity index (χ4n) is 5.34. The van der Waals surface area contributed by atoms with E-state index in [0.29, 0.717) is 13.1 Å². The third-order valence-electron chi connectivity index (χ3n) is 6.76. The Morgan fingerprint density at radius 3 is 2.89 bits per heavy atom. The van der Waals surface area contributed by atoms with Crippen LogP contribution in [-0.2, 0) is 16.6 Å². The molecule has 1 aliphatic heterocycles. The van der Waals surface area contributed by atoms with Gasteiger partial charge in [0.15, 0.2) is 0 Å². The molecule has 5 rings (SSSR count). The number of carbonyl (C=O) groups excluding carboxylic acids is 1. The van der Waals surface area contributed by atoms with Crippen molar-refractivity contribution in [2.45, 2.75) is 37.1 Å². The minimum absolute atomic E-state index is 0. The van der Waals surface area contributed by atoms with Gasteiger partial charge in [-0.1, -0.05) is 36.4 Å². The van der Waals surface area contributed by atoms with Gasteiger partial charge in [-0.2, -0.15) is 0 Å². The summed E-state index contributed by atoms with van der Waals surface area (Å²) in [6.07, 6.45) is 4.36. The molecule has 1 N–H and O–H groups in total. The van der Waals surface area contributed by atoms with Gasteiger partial charge >= 0.3 is 0 Å². The van der Waals surface area contributed by atoms with Crippen molar-refractivity contribution in [2.75, 3.05) is 19.6 Å². The fraction of sp³-hybridized carbons (Fsp3) is 0.435. The summed E-state index contributed by atoms with van der Waals surface area (Å²) in [5.74, 6) is 0.0881. The van der Waals surface area contributed by atoms with Crippen LogP contribution in [0.4, 0.5) is 4.39 Å². The van der Waals surface area contributed by atoms with Gasteiger partial charge in [-0.15, -0.1) is 12.4 Å². The van der Waals surface area contributed by atoms with Gasteiger partial charge in [-0.05, 0) is 54.5 Å². The number of benzene rings is 2. The van der Waals surface area contributed by atoms with Crippen LogP contribution < -0.4 is 5.32 Å². The van der Waals surface area contributed by atoms with Crippen LogP contribution in [0, 0.1) is 11.7 Å². The highest BCUT2D eigenvalue weighted by Gasteiger charge is 2.61. The van der Waals surface area contributed by atoms with Crippen molar-refractivity contribution in [1.29, 1.82) is 0 Å². The number of hydrogen-bond acceptors (Lipinski definition) is 2. The van der Waals surface area contributed by atoms with E-state index >= 15 is 0 Å². The average Bonchev–Trinajstić information content (AvgIpc) is 3.42. The van der Waals surface area contributed by atoms with E-state index in [0.717, 1.165) is 37.8 Å². The first-order valence-corrected chi connectivity index (χ1v) is 10.0. The Labute approximate surface area is 171 Å². The van der Waals surface area contributed by atoms with Crippen molar-refractivity contribution >= 4 is 18.3 Å². The SMILES string of the molecule is Cl.O=C(C1CC12CCCc1ccccc12)N1CCNCC1c1cccc(F)c1. The van der Waals surface area contributed by atoms with E-state index in [-0.39, 0.29) is 41.5 Å². The first-order valence-electron chi connectivity index (χ1n) is 10.0. The molecule has 2 aliphatic carbocycles. The molecule has 148 valence electrons. The molecule has 3 nitrogen and oxygen atoms in total. The molecule has 1 saturated heterocycles. The molecule has 0 aromatic heterocycles. The van der Waals surface area contributed by atoms with Crippen molar-refractivity contribution in [2.24, 2.45) is 5.92 Å². The molecule has 1 saturated carbocycles. The van der Waals surface area contributed by atoms with E-state index in [1.165, 1.54) is 17.2 Å². The van der Waals surface area contributed by atoms with Crippen molar-refractivity contribution in [3.63, 3.8) is 0 Å². The maximum atomic E-state index is 13.7. The number of nitrogens with zero attached hydrogens (tertiary/aromatic N) is 1. The zero-order valence-electron chi connectivity index (χ0n) is 15.9. The van der Waals surface area contributed by atoms with Gasteiger partial charge in [0.2, 0.25) is 5.91 Å². The van der Waals surface area contributed by atoms with Crippen molar-refractivity contribution in [3.8, 4) is 0 Å². The number of fused-ring (bicyclic) bond motifs is 2. The number of carbonyl (C=O) groups is 1. The zero-order chi connectivity index (χ0) is 18.4. The molecule has 28 heavy (non-hydrogen) atoms. The standard InChI is InChI=1S/C23H25FN2O.ClH/c24-18-8-3-6-17(13-18)21-15-25-11-12-26(21)22(27)20-14-23(20)10-4-7-16-5-1-2-9-19(16)23;/h1-3,5-6,8-9,13,20-21,25H,4,7,10-12,14-15H2;1H. The largest absolute Gasteiger partial charge is 0.333 e. The van der Waals surface area contributed by atoms with Gasteiger partial charge in [0.25, 0.3) is 0 Å². The van der Waals surface area contributed by atoms with Gasteiger partial charge in [-0.25, -0.2) is 4.39 Å². The van der Waals surface area contributed by atoms with Gasteiger partial charge < -0.3 is 10.2 Å². The third-order valence-corrected chi connectivity index (χ3v) is 6.76. The molecule has 2 fully saturated rings. The fourth-order valence-corrected chi connectivity index (χ4v) is 5.34. The molecule has 2 aromatic rings.